The molecular formula is C60H87F2N5O13. The largest absolute Gasteiger partial charge is 0.503 e. The molecule has 16 atom stereocenters. The smallest absolute Gasteiger partial charge is 0.325 e. The van der Waals surface area contributed by atoms with Crippen LogP contribution in [0.4, 0.5) is 8.78 Å². The van der Waals surface area contributed by atoms with Gasteiger partial charge in [0.1, 0.15) is 35.8 Å². The summed E-state index contributed by atoms with van der Waals surface area (Å²) in [5.74, 6) is -11.9. The number of carbonyl (C=O) groups excluding carboxylic acids is 7. The van der Waals surface area contributed by atoms with Gasteiger partial charge in [0.05, 0.1) is 36.3 Å². The minimum absolute atomic E-state index is 0.00594. The van der Waals surface area contributed by atoms with Crippen LogP contribution in [0.1, 0.15) is 139 Å². The second-order valence-corrected chi connectivity index (χ2v) is 23.1. The number of ether oxygens (including phenoxy) is 2. The van der Waals surface area contributed by atoms with Crippen LogP contribution in [0, 0.1) is 59.0 Å². The van der Waals surface area contributed by atoms with Crippen LogP contribution in [-0.4, -0.2) is 128 Å². The first kappa shape index (κ1) is 65.1. The van der Waals surface area contributed by atoms with Crippen LogP contribution < -0.4 is 21.4 Å². The van der Waals surface area contributed by atoms with E-state index in [2.05, 4.69) is 21.4 Å². The van der Waals surface area contributed by atoms with Gasteiger partial charge in [0.2, 0.25) is 17.7 Å². The summed E-state index contributed by atoms with van der Waals surface area (Å²) in [5.41, 5.74) is 2.09. The number of amides is 4. The number of halogens is 2. The second kappa shape index (κ2) is 29.3. The molecule has 4 aliphatic rings. The summed E-state index contributed by atoms with van der Waals surface area (Å²) in [7, 11) is 0. The minimum atomic E-state index is -1.61. The number of nitrogens with one attached hydrogen (secondary N) is 4. The number of fused-ring (bicyclic) bond motifs is 2. The van der Waals surface area contributed by atoms with Gasteiger partial charge in [-0.3, -0.25) is 33.8 Å². The van der Waals surface area contributed by atoms with E-state index in [0.717, 1.165) is 17.1 Å². The number of Topliss-reactive ketones (excluding diaryl/α,β-unsaturated/α-hetero) is 2. The molecule has 5 rings (SSSR count). The van der Waals surface area contributed by atoms with E-state index in [1.165, 1.54) is 19.9 Å². The molecule has 4 heterocycles. The number of hydrogen-bond donors (Lipinski definition) is 8. The average molecular weight is 1120 g/mol. The summed E-state index contributed by atoms with van der Waals surface area (Å²) in [4.78, 5) is 95.7. The number of carbonyl (C=O) groups is 7. The number of benzene rings is 1. The van der Waals surface area contributed by atoms with Crippen molar-refractivity contribution in [1.82, 2.24) is 26.4 Å². The molecular weight excluding hydrogens is 1040 g/mol. The Balaban J connectivity index is 1.37. The number of aliphatic hydroxyl groups excluding tert-OH is 3. The maximum Gasteiger partial charge on any atom is 0.325 e. The van der Waals surface area contributed by atoms with Crippen LogP contribution in [0.3, 0.4) is 0 Å². The Morgan fingerprint density at radius 1 is 0.975 bits per heavy atom. The highest BCUT2D eigenvalue weighted by Gasteiger charge is 2.57. The number of phenols is 1. The Kier molecular flexibility index (Phi) is 23.9. The Labute approximate surface area is 469 Å². The van der Waals surface area contributed by atoms with E-state index in [1.54, 1.807) is 52.0 Å². The van der Waals surface area contributed by atoms with Gasteiger partial charge in [0, 0.05) is 55.9 Å². The summed E-state index contributed by atoms with van der Waals surface area (Å²) in [6.07, 6.45) is 9.29. The Bertz CT molecular complexity index is 2500. The molecule has 4 amide bonds. The minimum Gasteiger partial charge on any atom is -0.503 e. The van der Waals surface area contributed by atoms with Crippen molar-refractivity contribution in [3.8, 4) is 5.75 Å². The first-order valence-electron chi connectivity index (χ1n) is 28.5. The Morgan fingerprint density at radius 3 is 2.36 bits per heavy atom. The van der Waals surface area contributed by atoms with Crippen molar-refractivity contribution in [2.75, 3.05) is 6.54 Å². The fourth-order valence-corrected chi connectivity index (χ4v) is 11.2. The third kappa shape index (κ3) is 16.3. The molecule has 20 heteroatoms. The van der Waals surface area contributed by atoms with Gasteiger partial charge in [-0.25, -0.2) is 14.2 Å². The quantitative estimate of drug-likeness (QED) is 0.0752. The van der Waals surface area contributed by atoms with Crippen molar-refractivity contribution in [2.45, 2.75) is 194 Å². The van der Waals surface area contributed by atoms with Crippen molar-refractivity contribution in [3.63, 3.8) is 0 Å². The van der Waals surface area contributed by atoms with E-state index in [1.807, 2.05) is 39.8 Å². The zero-order valence-corrected chi connectivity index (χ0v) is 48.1. The molecule has 2 unspecified atom stereocenters. The van der Waals surface area contributed by atoms with E-state index in [0.29, 0.717) is 37.7 Å². The number of hydrogen-bond acceptors (Lipinski definition) is 14. The number of aromatic hydroxyl groups is 1. The third-order valence-corrected chi connectivity index (χ3v) is 16.9. The highest BCUT2D eigenvalue weighted by atomic mass is 19.1. The van der Waals surface area contributed by atoms with Crippen LogP contribution in [0.25, 0.3) is 0 Å². The molecule has 80 heavy (non-hydrogen) atoms. The average Bonchev–Trinajstić information content (AvgIpc) is 3.63. The topological polar surface area (TPSA) is 270 Å². The number of allylic oxidation sites excluding steroid dienone is 5. The van der Waals surface area contributed by atoms with Gasteiger partial charge < -0.3 is 50.6 Å². The predicted octanol–water partition coefficient (Wildman–Crippen LogP) is 5.89. The molecule has 18 nitrogen and oxygen atoms in total. The summed E-state index contributed by atoms with van der Waals surface area (Å²) < 4.78 is 42.4. The number of ketones is 2. The molecule has 0 aromatic heterocycles. The number of cyclic esters (lactones) is 1. The maximum absolute atomic E-state index is 15.4. The fourth-order valence-electron chi connectivity index (χ4n) is 11.2. The highest BCUT2D eigenvalue weighted by Crippen LogP contribution is 2.45. The van der Waals surface area contributed by atoms with Gasteiger partial charge in [-0.2, -0.15) is 0 Å². The van der Waals surface area contributed by atoms with Crippen LogP contribution >= 0.6 is 0 Å². The lowest BCUT2D eigenvalue weighted by molar-refractivity contribution is -0.229. The number of rotatable bonds is 15. The van der Waals surface area contributed by atoms with Crippen molar-refractivity contribution in [2.24, 2.45) is 47.3 Å². The number of nitrogens with zero attached hydrogens (tertiary/aromatic N) is 1. The zero-order chi connectivity index (χ0) is 59.3. The molecule has 3 fully saturated rings. The van der Waals surface area contributed by atoms with E-state index < -0.39 is 131 Å². The van der Waals surface area contributed by atoms with Gasteiger partial charge in [0.25, 0.3) is 5.91 Å². The molecule has 1 aromatic rings. The lowest BCUT2D eigenvalue weighted by atomic mass is 9.70. The van der Waals surface area contributed by atoms with Gasteiger partial charge in [-0.05, 0) is 87.8 Å². The van der Waals surface area contributed by atoms with E-state index >= 15 is 4.39 Å². The van der Waals surface area contributed by atoms with Crippen LogP contribution in [-0.2, 0) is 49.5 Å². The van der Waals surface area contributed by atoms with Gasteiger partial charge >= 0.3 is 5.97 Å². The monoisotopic (exact) mass is 1120 g/mol. The Morgan fingerprint density at radius 2 is 1.69 bits per heavy atom. The Hall–Kier alpha value is -5.67. The zero-order valence-electron chi connectivity index (χ0n) is 48.1. The lowest BCUT2D eigenvalue weighted by Gasteiger charge is -2.54. The summed E-state index contributed by atoms with van der Waals surface area (Å²) in [6.45, 7) is 17.4. The first-order valence-corrected chi connectivity index (χ1v) is 28.5. The van der Waals surface area contributed by atoms with Gasteiger partial charge in [-0.15, -0.1) is 0 Å². The van der Waals surface area contributed by atoms with Crippen LogP contribution in [0.5, 0.6) is 5.75 Å². The summed E-state index contributed by atoms with van der Waals surface area (Å²) >= 11 is 0. The molecule has 1 spiro atoms. The standard InChI is InChI=1S/C60H87F2N5O13/c1-11-40-29-35(6)60(65-55(40)74)39(10)52(71)38(9)49(80-60)31-47(70)33(4)19-14-12-15-20-34(5)48-23-17-13-16-22-46(69)37(8)53(72)42(26-24-36(7)68)56(75)64-51(32(2)3)57(76)63-45(30-41-25-27-43(61)54(73)50(41)62)58(77)67-28-18-21-44(66-67)59(78)79-48/h12-13,15-17,20,22,25,27,32-33,35,37-40,42,44-49,51,53,66,69-70,72-73H,11,14,18-19,21,23-24,26,28-31H2,1-10H3,(H,63,76)(H,64,75)(H,65,74)/t33-,35-,37-,38-,39?,40-,42+,44?,45-,46-,47-,48-,49-,51-,53+,60+/m0/s1. The molecule has 1 aromatic carbocycles. The van der Waals surface area contributed by atoms with Gasteiger partial charge in [-0.1, -0.05) is 104 Å². The number of esters is 1. The molecule has 0 aliphatic carbocycles. The molecule has 2 bridgehead atoms. The van der Waals surface area contributed by atoms with Crippen molar-refractivity contribution >= 4 is 41.2 Å². The van der Waals surface area contributed by atoms with Gasteiger partial charge in [0.15, 0.2) is 23.1 Å². The number of hydrazine groups is 1. The SMILES string of the molecule is CC[C@H]1C[C@H](C)[C@@]2(NC1=O)O[C@@H](C[C@H](O)[C@@H](C)CCC=CC=C(C)[C@@H]1CC=CC=C[C@H](O)[C@H](C)[C@@H](O)[C@@H](CCC(C)=O)C(=O)N[C@@H](C(C)C)C(=O)N[C@@H](Cc3ccc(F)c(O)c3F)C(=O)N3CCCC(N3)C(=O)O1)[C@H](C)C(=O)C2C. The van der Waals surface area contributed by atoms with Crippen molar-refractivity contribution in [1.29, 1.82) is 0 Å². The summed E-state index contributed by atoms with van der Waals surface area (Å²) in [6, 6.07) is -2.21. The third-order valence-electron chi connectivity index (χ3n) is 16.9. The number of aliphatic hydroxyl groups is 3. The molecule has 0 saturated carbocycles. The van der Waals surface area contributed by atoms with E-state index in [-0.39, 0.29) is 79.4 Å². The normalized spacial score (nSPS) is 32.7. The fraction of sp³-hybridized carbons (Fsp3) is 0.650. The molecule has 4 aliphatic heterocycles. The maximum atomic E-state index is 15.4. The summed E-state index contributed by atoms with van der Waals surface area (Å²) in [5, 5.41) is 53.8. The first-order chi connectivity index (χ1) is 37.7. The van der Waals surface area contributed by atoms with E-state index in [4.69, 9.17) is 9.47 Å². The van der Waals surface area contributed by atoms with Crippen molar-refractivity contribution in [3.05, 3.63) is 77.4 Å². The number of phenolic OH excluding ortho intramolecular Hbond substituents is 1. The molecule has 0 radical (unpaired) electrons. The molecule has 3 saturated heterocycles. The van der Waals surface area contributed by atoms with Crippen LogP contribution in [0.15, 0.2) is 60.2 Å². The van der Waals surface area contributed by atoms with Crippen molar-refractivity contribution < 1.29 is 72.2 Å². The number of piperidine rings is 1. The lowest BCUT2D eigenvalue weighted by Crippen LogP contribution is -2.70. The highest BCUT2D eigenvalue weighted by molar-refractivity contribution is 5.93. The van der Waals surface area contributed by atoms with Crippen LogP contribution in [0.2, 0.25) is 0 Å². The van der Waals surface area contributed by atoms with E-state index in [9.17, 15) is 58.4 Å². The molecule has 8 N–H and O–H groups in total. The second-order valence-electron chi connectivity index (χ2n) is 23.1. The predicted molar refractivity (Wildman–Crippen MR) is 294 cm³/mol. The molecule has 444 valence electrons.